The molecule has 0 aromatic heterocycles. The summed E-state index contributed by atoms with van der Waals surface area (Å²) in [5.74, 6) is -0.475. The molecular formula is C15H23FN2O2. The van der Waals surface area contributed by atoms with E-state index in [0.29, 0.717) is 13.1 Å². The van der Waals surface area contributed by atoms with Crippen LogP contribution in [0.2, 0.25) is 0 Å². The molecule has 0 aliphatic rings. The third-order valence-corrected chi connectivity index (χ3v) is 3.36. The van der Waals surface area contributed by atoms with Gasteiger partial charge in [-0.25, -0.2) is 4.39 Å². The van der Waals surface area contributed by atoms with Crippen molar-refractivity contribution in [3.63, 3.8) is 0 Å². The minimum absolute atomic E-state index is 0.0656. The van der Waals surface area contributed by atoms with Crippen molar-refractivity contribution in [3.8, 4) is 5.75 Å². The van der Waals surface area contributed by atoms with Gasteiger partial charge in [-0.15, -0.1) is 0 Å². The molecule has 0 fully saturated rings. The van der Waals surface area contributed by atoms with E-state index in [0.717, 1.165) is 5.56 Å². The summed E-state index contributed by atoms with van der Waals surface area (Å²) < 4.78 is 19.1. The Morgan fingerprint density at radius 3 is 2.55 bits per heavy atom. The van der Waals surface area contributed by atoms with Crippen LogP contribution in [0.4, 0.5) is 4.39 Å². The molecule has 1 amide bonds. The van der Waals surface area contributed by atoms with Crippen LogP contribution in [0.1, 0.15) is 32.4 Å². The number of hydrogen-bond donors (Lipinski definition) is 1. The first-order valence-electron chi connectivity index (χ1n) is 6.90. The normalized spacial score (nSPS) is 12.1. The molecule has 0 aliphatic heterocycles. The highest BCUT2D eigenvalue weighted by molar-refractivity contribution is 5.77. The molecule has 0 aliphatic carbocycles. The first-order chi connectivity index (χ1) is 9.53. The predicted octanol–water partition coefficient (Wildman–Crippen LogP) is 2.35. The van der Waals surface area contributed by atoms with Gasteiger partial charge < -0.3 is 15.0 Å². The highest BCUT2D eigenvalue weighted by Crippen LogP contribution is 2.21. The van der Waals surface area contributed by atoms with Crippen molar-refractivity contribution in [3.05, 3.63) is 29.6 Å². The van der Waals surface area contributed by atoms with Crippen LogP contribution < -0.4 is 10.1 Å². The summed E-state index contributed by atoms with van der Waals surface area (Å²) >= 11 is 0. The molecule has 0 heterocycles. The Morgan fingerprint density at radius 2 is 2.05 bits per heavy atom. The van der Waals surface area contributed by atoms with Gasteiger partial charge in [-0.2, -0.15) is 0 Å². The molecule has 1 atom stereocenters. The van der Waals surface area contributed by atoms with E-state index < -0.39 is 5.82 Å². The average Bonchev–Trinajstić information content (AvgIpc) is 2.46. The zero-order chi connectivity index (χ0) is 15.1. The number of hydrogen-bond acceptors (Lipinski definition) is 3. The Balaban J connectivity index is 2.67. The minimum Gasteiger partial charge on any atom is -0.481 e. The van der Waals surface area contributed by atoms with Gasteiger partial charge >= 0.3 is 0 Å². The maximum Gasteiger partial charge on any atom is 0.260 e. The van der Waals surface area contributed by atoms with Crippen molar-refractivity contribution < 1.29 is 13.9 Å². The number of nitrogens with one attached hydrogen (secondary N) is 1. The standard InChI is InChI=1S/C15H23FN2O2/c1-5-18(6-2)15(19)10-20-14-8-7-12(9-13(14)16)11(3)17-4/h7-9,11,17H,5-6,10H2,1-4H3. The summed E-state index contributed by atoms with van der Waals surface area (Å²) in [5, 5.41) is 3.04. The number of benzene rings is 1. The molecular weight excluding hydrogens is 259 g/mol. The van der Waals surface area contributed by atoms with Gasteiger partial charge in [-0.1, -0.05) is 6.07 Å². The number of amides is 1. The van der Waals surface area contributed by atoms with Crippen LogP contribution in [0.15, 0.2) is 18.2 Å². The summed E-state index contributed by atoms with van der Waals surface area (Å²) in [6, 6.07) is 4.85. The molecule has 0 saturated heterocycles. The topological polar surface area (TPSA) is 41.6 Å². The van der Waals surface area contributed by atoms with Crippen molar-refractivity contribution >= 4 is 5.91 Å². The monoisotopic (exact) mass is 282 g/mol. The van der Waals surface area contributed by atoms with E-state index in [4.69, 9.17) is 4.74 Å². The molecule has 0 radical (unpaired) electrons. The van der Waals surface area contributed by atoms with Gasteiger partial charge in [0.15, 0.2) is 18.2 Å². The predicted molar refractivity (Wildman–Crippen MR) is 77.3 cm³/mol. The van der Waals surface area contributed by atoms with Gasteiger partial charge in [-0.3, -0.25) is 4.79 Å². The molecule has 1 unspecified atom stereocenters. The molecule has 1 N–H and O–H groups in total. The molecule has 0 spiro atoms. The van der Waals surface area contributed by atoms with Crippen molar-refractivity contribution in [2.75, 3.05) is 26.7 Å². The molecule has 4 nitrogen and oxygen atoms in total. The van der Waals surface area contributed by atoms with Crippen LogP contribution in [0, 0.1) is 5.82 Å². The smallest absolute Gasteiger partial charge is 0.260 e. The van der Waals surface area contributed by atoms with E-state index in [-0.39, 0.29) is 24.3 Å². The minimum atomic E-state index is -0.447. The molecule has 0 bridgehead atoms. The summed E-state index contributed by atoms with van der Waals surface area (Å²) in [6.07, 6.45) is 0. The average molecular weight is 282 g/mol. The fourth-order valence-corrected chi connectivity index (χ4v) is 1.88. The third kappa shape index (κ3) is 4.20. The molecule has 1 aromatic carbocycles. The van der Waals surface area contributed by atoms with E-state index in [1.807, 2.05) is 27.8 Å². The van der Waals surface area contributed by atoms with E-state index >= 15 is 0 Å². The summed E-state index contributed by atoms with van der Waals surface area (Å²) in [4.78, 5) is 13.4. The zero-order valence-electron chi connectivity index (χ0n) is 12.6. The molecule has 0 saturated carbocycles. The lowest BCUT2D eigenvalue weighted by Crippen LogP contribution is -2.34. The maximum atomic E-state index is 13.9. The summed E-state index contributed by atoms with van der Waals surface area (Å²) in [7, 11) is 1.82. The highest BCUT2D eigenvalue weighted by Gasteiger charge is 2.13. The second kappa shape index (κ2) is 7.85. The number of nitrogens with zero attached hydrogens (tertiary/aromatic N) is 1. The Labute approximate surface area is 119 Å². The van der Waals surface area contributed by atoms with Crippen LogP contribution >= 0.6 is 0 Å². The third-order valence-electron chi connectivity index (χ3n) is 3.36. The van der Waals surface area contributed by atoms with E-state index in [1.165, 1.54) is 6.07 Å². The highest BCUT2D eigenvalue weighted by atomic mass is 19.1. The number of rotatable bonds is 7. The van der Waals surface area contributed by atoms with Gasteiger partial charge in [0.2, 0.25) is 0 Å². The largest absolute Gasteiger partial charge is 0.481 e. The van der Waals surface area contributed by atoms with Crippen LogP contribution in [0.25, 0.3) is 0 Å². The van der Waals surface area contributed by atoms with Crippen molar-refractivity contribution in [2.24, 2.45) is 0 Å². The molecule has 112 valence electrons. The van der Waals surface area contributed by atoms with Gasteiger partial charge in [0.05, 0.1) is 0 Å². The van der Waals surface area contributed by atoms with Crippen molar-refractivity contribution in [1.29, 1.82) is 0 Å². The number of carbonyl (C=O) groups excluding carboxylic acids is 1. The lowest BCUT2D eigenvalue weighted by atomic mass is 10.1. The van der Waals surface area contributed by atoms with Crippen LogP contribution in [0.3, 0.4) is 0 Å². The summed E-state index contributed by atoms with van der Waals surface area (Å²) in [5.41, 5.74) is 0.840. The van der Waals surface area contributed by atoms with Crippen LogP contribution in [0.5, 0.6) is 5.75 Å². The van der Waals surface area contributed by atoms with Crippen molar-refractivity contribution in [1.82, 2.24) is 10.2 Å². The zero-order valence-corrected chi connectivity index (χ0v) is 12.6. The van der Waals surface area contributed by atoms with Gasteiger partial charge in [0.25, 0.3) is 5.91 Å². The Bertz CT molecular complexity index is 447. The van der Waals surface area contributed by atoms with Crippen LogP contribution in [-0.4, -0.2) is 37.6 Å². The lowest BCUT2D eigenvalue weighted by molar-refractivity contribution is -0.133. The first-order valence-corrected chi connectivity index (χ1v) is 6.90. The lowest BCUT2D eigenvalue weighted by Gasteiger charge is -2.19. The Morgan fingerprint density at radius 1 is 1.40 bits per heavy atom. The number of carbonyl (C=O) groups is 1. The fourth-order valence-electron chi connectivity index (χ4n) is 1.88. The number of halogens is 1. The van der Waals surface area contributed by atoms with Gasteiger partial charge in [-0.05, 0) is 45.5 Å². The Kier molecular flexibility index (Phi) is 6.45. The van der Waals surface area contributed by atoms with E-state index in [9.17, 15) is 9.18 Å². The first kappa shape index (κ1) is 16.4. The van der Waals surface area contributed by atoms with Gasteiger partial charge in [0.1, 0.15) is 0 Å². The maximum absolute atomic E-state index is 13.9. The van der Waals surface area contributed by atoms with Gasteiger partial charge in [0, 0.05) is 19.1 Å². The number of likely N-dealkylation sites (N-methyl/N-ethyl adjacent to an activating group) is 1. The number of ether oxygens (including phenoxy) is 1. The molecule has 1 rings (SSSR count). The van der Waals surface area contributed by atoms with E-state index in [1.54, 1.807) is 17.0 Å². The molecule has 5 heteroatoms. The van der Waals surface area contributed by atoms with Crippen molar-refractivity contribution in [2.45, 2.75) is 26.8 Å². The quantitative estimate of drug-likeness (QED) is 0.834. The molecule has 20 heavy (non-hydrogen) atoms. The van der Waals surface area contributed by atoms with Crippen LogP contribution in [-0.2, 0) is 4.79 Å². The fraction of sp³-hybridized carbons (Fsp3) is 0.533. The van der Waals surface area contributed by atoms with E-state index in [2.05, 4.69) is 5.32 Å². The SMILES string of the molecule is CCN(CC)C(=O)COc1ccc(C(C)NC)cc1F. The second-order valence-corrected chi connectivity index (χ2v) is 4.55. The molecule has 1 aromatic rings. The summed E-state index contributed by atoms with van der Waals surface area (Å²) in [6.45, 7) is 6.85. The Hall–Kier alpha value is -1.62. The second-order valence-electron chi connectivity index (χ2n) is 4.55.